The van der Waals surface area contributed by atoms with Gasteiger partial charge in [0.25, 0.3) is 0 Å². The Balaban J connectivity index is 1.72. The fourth-order valence-corrected chi connectivity index (χ4v) is 3.35. The van der Waals surface area contributed by atoms with Crippen LogP contribution in [0.4, 0.5) is 16.2 Å². The average Bonchev–Trinajstić information content (AvgIpc) is 2.96. The van der Waals surface area contributed by atoms with Crippen molar-refractivity contribution in [1.29, 1.82) is 0 Å². The largest absolute Gasteiger partial charge is 0.394 e. The molecule has 1 saturated heterocycles. The summed E-state index contributed by atoms with van der Waals surface area (Å²) in [6.07, 6.45) is 4.07. The van der Waals surface area contributed by atoms with E-state index in [1.807, 2.05) is 6.07 Å². The van der Waals surface area contributed by atoms with E-state index in [0.717, 1.165) is 44.5 Å². The SMILES string of the molecule is CN1CCCc2cc(NC(=O)N3CCC[C@H]3CO)ccc21. The van der Waals surface area contributed by atoms with Crippen LogP contribution in [0.1, 0.15) is 24.8 Å². The molecule has 1 aromatic rings. The van der Waals surface area contributed by atoms with Crippen LogP contribution in [0, 0.1) is 0 Å². The molecule has 0 aliphatic carbocycles. The maximum Gasteiger partial charge on any atom is 0.322 e. The van der Waals surface area contributed by atoms with Gasteiger partial charge in [-0.1, -0.05) is 0 Å². The second kappa shape index (κ2) is 5.93. The summed E-state index contributed by atoms with van der Waals surface area (Å²) < 4.78 is 0. The minimum Gasteiger partial charge on any atom is -0.394 e. The molecule has 1 fully saturated rings. The number of carbonyl (C=O) groups is 1. The quantitative estimate of drug-likeness (QED) is 0.876. The normalized spacial score (nSPS) is 21.3. The summed E-state index contributed by atoms with van der Waals surface area (Å²) in [4.78, 5) is 16.3. The fraction of sp³-hybridized carbons (Fsp3) is 0.562. The van der Waals surface area contributed by atoms with Gasteiger partial charge in [0.15, 0.2) is 0 Å². The van der Waals surface area contributed by atoms with Gasteiger partial charge < -0.3 is 20.2 Å². The van der Waals surface area contributed by atoms with Crippen LogP contribution in [-0.4, -0.2) is 48.8 Å². The lowest BCUT2D eigenvalue weighted by Gasteiger charge is -2.28. The van der Waals surface area contributed by atoms with Crippen LogP contribution in [0.25, 0.3) is 0 Å². The molecule has 2 aliphatic heterocycles. The molecule has 2 amide bonds. The third-order valence-corrected chi connectivity index (χ3v) is 4.53. The summed E-state index contributed by atoms with van der Waals surface area (Å²) in [7, 11) is 2.10. The number of fused-ring (bicyclic) bond motifs is 1. The van der Waals surface area contributed by atoms with E-state index in [4.69, 9.17) is 0 Å². The Hall–Kier alpha value is -1.75. The Morgan fingerprint density at radius 1 is 1.38 bits per heavy atom. The number of aliphatic hydroxyl groups is 1. The second-order valence-electron chi connectivity index (χ2n) is 5.97. The molecular formula is C16H23N3O2. The van der Waals surface area contributed by atoms with Crippen molar-refractivity contribution in [3.63, 3.8) is 0 Å². The van der Waals surface area contributed by atoms with E-state index in [1.54, 1.807) is 4.90 Å². The van der Waals surface area contributed by atoms with E-state index in [-0.39, 0.29) is 18.7 Å². The van der Waals surface area contributed by atoms with Crippen LogP contribution in [-0.2, 0) is 6.42 Å². The van der Waals surface area contributed by atoms with Gasteiger partial charge in [0.2, 0.25) is 0 Å². The molecule has 0 spiro atoms. The van der Waals surface area contributed by atoms with E-state index in [1.165, 1.54) is 11.3 Å². The predicted molar refractivity (Wildman–Crippen MR) is 83.9 cm³/mol. The Morgan fingerprint density at radius 2 is 2.24 bits per heavy atom. The van der Waals surface area contributed by atoms with Crippen molar-refractivity contribution < 1.29 is 9.90 Å². The molecule has 5 heteroatoms. The van der Waals surface area contributed by atoms with Gasteiger partial charge in [-0.25, -0.2) is 4.79 Å². The summed E-state index contributed by atoms with van der Waals surface area (Å²) in [6, 6.07) is 5.98. The maximum atomic E-state index is 12.3. The van der Waals surface area contributed by atoms with Crippen molar-refractivity contribution in [2.24, 2.45) is 0 Å². The first-order valence-electron chi connectivity index (χ1n) is 7.71. The highest BCUT2D eigenvalue weighted by atomic mass is 16.3. The number of aliphatic hydroxyl groups excluding tert-OH is 1. The molecule has 0 bridgehead atoms. The van der Waals surface area contributed by atoms with Crippen molar-refractivity contribution in [3.8, 4) is 0 Å². The van der Waals surface area contributed by atoms with Crippen LogP contribution in [0.5, 0.6) is 0 Å². The number of nitrogens with zero attached hydrogens (tertiary/aromatic N) is 2. The van der Waals surface area contributed by atoms with Gasteiger partial charge in [-0.05, 0) is 49.4 Å². The minimum absolute atomic E-state index is 0.0336. The molecule has 0 radical (unpaired) electrons. The highest BCUT2D eigenvalue weighted by Crippen LogP contribution is 2.29. The van der Waals surface area contributed by atoms with Crippen molar-refractivity contribution in [1.82, 2.24) is 4.90 Å². The lowest BCUT2D eigenvalue weighted by atomic mass is 10.0. The Kier molecular flexibility index (Phi) is 4.01. The highest BCUT2D eigenvalue weighted by Gasteiger charge is 2.28. The summed E-state index contributed by atoms with van der Waals surface area (Å²) in [5.74, 6) is 0. The van der Waals surface area contributed by atoms with Gasteiger partial charge in [-0.15, -0.1) is 0 Å². The molecule has 3 rings (SSSR count). The number of carbonyl (C=O) groups excluding carboxylic acids is 1. The number of amides is 2. The number of urea groups is 1. The highest BCUT2D eigenvalue weighted by molar-refractivity contribution is 5.90. The topological polar surface area (TPSA) is 55.8 Å². The average molecular weight is 289 g/mol. The zero-order valence-corrected chi connectivity index (χ0v) is 12.5. The first-order valence-corrected chi connectivity index (χ1v) is 7.71. The molecule has 114 valence electrons. The number of rotatable bonds is 2. The Morgan fingerprint density at radius 3 is 3.05 bits per heavy atom. The molecule has 1 atom stereocenters. The van der Waals surface area contributed by atoms with E-state index in [0.29, 0.717) is 0 Å². The molecule has 2 aliphatic rings. The fourth-order valence-electron chi connectivity index (χ4n) is 3.35. The zero-order chi connectivity index (χ0) is 14.8. The number of hydrogen-bond acceptors (Lipinski definition) is 3. The zero-order valence-electron chi connectivity index (χ0n) is 12.5. The summed E-state index contributed by atoms with van der Waals surface area (Å²) in [5.41, 5.74) is 3.40. The van der Waals surface area contributed by atoms with Crippen LogP contribution >= 0.6 is 0 Å². The maximum absolute atomic E-state index is 12.3. The lowest BCUT2D eigenvalue weighted by Crippen LogP contribution is -2.40. The van der Waals surface area contributed by atoms with Crippen molar-refractivity contribution in [3.05, 3.63) is 23.8 Å². The van der Waals surface area contributed by atoms with Crippen LogP contribution < -0.4 is 10.2 Å². The van der Waals surface area contributed by atoms with Gasteiger partial charge in [-0.3, -0.25) is 0 Å². The Bertz CT molecular complexity index is 532. The van der Waals surface area contributed by atoms with Crippen molar-refractivity contribution >= 4 is 17.4 Å². The number of aryl methyl sites for hydroxylation is 1. The number of hydrogen-bond donors (Lipinski definition) is 2. The van der Waals surface area contributed by atoms with E-state index in [2.05, 4.69) is 29.4 Å². The van der Waals surface area contributed by atoms with Gasteiger partial charge in [0.05, 0.1) is 12.6 Å². The lowest BCUT2D eigenvalue weighted by molar-refractivity contribution is 0.166. The first kappa shape index (κ1) is 14.2. The summed E-state index contributed by atoms with van der Waals surface area (Å²) in [6.45, 7) is 1.86. The second-order valence-corrected chi connectivity index (χ2v) is 5.97. The summed E-state index contributed by atoms with van der Waals surface area (Å²) in [5, 5.41) is 12.3. The van der Waals surface area contributed by atoms with Crippen molar-refractivity contribution in [2.75, 3.05) is 37.0 Å². The van der Waals surface area contributed by atoms with Gasteiger partial charge in [0, 0.05) is 31.5 Å². The molecule has 2 N–H and O–H groups in total. The van der Waals surface area contributed by atoms with Gasteiger partial charge in [-0.2, -0.15) is 0 Å². The molecule has 21 heavy (non-hydrogen) atoms. The molecular weight excluding hydrogens is 266 g/mol. The summed E-state index contributed by atoms with van der Waals surface area (Å²) >= 11 is 0. The number of likely N-dealkylation sites (tertiary alicyclic amines) is 1. The van der Waals surface area contributed by atoms with Gasteiger partial charge in [0.1, 0.15) is 0 Å². The van der Waals surface area contributed by atoms with Gasteiger partial charge >= 0.3 is 6.03 Å². The first-order chi connectivity index (χ1) is 10.2. The van der Waals surface area contributed by atoms with Crippen LogP contribution in [0.3, 0.4) is 0 Å². The Labute approximate surface area is 125 Å². The molecule has 5 nitrogen and oxygen atoms in total. The van der Waals surface area contributed by atoms with Crippen LogP contribution in [0.15, 0.2) is 18.2 Å². The third-order valence-electron chi connectivity index (χ3n) is 4.53. The molecule has 2 heterocycles. The third kappa shape index (κ3) is 2.83. The van der Waals surface area contributed by atoms with E-state index >= 15 is 0 Å². The van der Waals surface area contributed by atoms with Crippen LogP contribution in [0.2, 0.25) is 0 Å². The monoisotopic (exact) mass is 289 g/mol. The smallest absolute Gasteiger partial charge is 0.322 e. The molecule has 1 aromatic carbocycles. The number of benzene rings is 1. The number of anilines is 2. The molecule has 0 saturated carbocycles. The van der Waals surface area contributed by atoms with E-state index < -0.39 is 0 Å². The predicted octanol–water partition coefficient (Wildman–Crippen LogP) is 2.06. The minimum atomic E-state index is -0.101. The van der Waals surface area contributed by atoms with E-state index in [9.17, 15) is 9.90 Å². The molecule has 0 unspecified atom stereocenters. The molecule has 0 aromatic heterocycles. The number of nitrogens with one attached hydrogen (secondary N) is 1. The standard InChI is InChI=1S/C16H23N3O2/c1-18-8-2-4-12-10-13(6-7-15(12)18)17-16(21)19-9-3-5-14(19)11-20/h6-7,10,14,20H,2-5,8-9,11H2,1H3,(H,17,21)/t14-/m0/s1. The van der Waals surface area contributed by atoms with Crippen molar-refractivity contribution in [2.45, 2.75) is 31.7 Å².